The van der Waals surface area contributed by atoms with Crippen LogP contribution in [0.25, 0.3) is 0 Å². The minimum atomic E-state index is -0.559. The summed E-state index contributed by atoms with van der Waals surface area (Å²) in [4.78, 5) is 0. The molecule has 5 heteroatoms. The molecular weight excluding hydrogens is 242 g/mol. The van der Waals surface area contributed by atoms with Crippen molar-refractivity contribution in [2.24, 2.45) is 7.05 Å². The van der Waals surface area contributed by atoms with Gasteiger partial charge in [0.15, 0.2) is 5.82 Å². The van der Waals surface area contributed by atoms with Gasteiger partial charge in [0.2, 0.25) is 0 Å². The monoisotopic (exact) mass is 261 g/mol. The Bertz CT molecular complexity index is 576. The summed E-state index contributed by atoms with van der Waals surface area (Å²) in [6, 6.07) is 5.77. The second-order valence-electron chi connectivity index (χ2n) is 4.73. The maximum absolute atomic E-state index is 9.77. The summed E-state index contributed by atoms with van der Waals surface area (Å²) in [5.41, 5.74) is 1.89. The van der Waals surface area contributed by atoms with Gasteiger partial charge in [-0.15, -0.1) is 10.2 Å². The molecule has 0 saturated carbocycles. The van der Waals surface area contributed by atoms with Gasteiger partial charge in [0.1, 0.15) is 18.2 Å². The van der Waals surface area contributed by atoms with Gasteiger partial charge in [-0.1, -0.05) is 11.6 Å². The average molecular weight is 261 g/mol. The van der Waals surface area contributed by atoms with Crippen LogP contribution in [-0.2, 0) is 13.7 Å². The number of aliphatic hydroxyl groups is 1. The predicted molar refractivity (Wildman–Crippen MR) is 71.9 cm³/mol. The largest absolute Gasteiger partial charge is 0.485 e. The number of benzene rings is 1. The third-order valence-electron chi connectivity index (χ3n) is 3.15. The van der Waals surface area contributed by atoms with Crippen LogP contribution in [0.2, 0.25) is 0 Å². The molecule has 0 spiro atoms. The lowest BCUT2D eigenvalue weighted by Crippen LogP contribution is -2.06. The molecule has 1 aromatic heterocycles. The Kier molecular flexibility index (Phi) is 3.85. The Morgan fingerprint density at radius 1 is 1.32 bits per heavy atom. The zero-order valence-electron chi connectivity index (χ0n) is 11.7. The van der Waals surface area contributed by atoms with E-state index in [9.17, 15) is 5.11 Å². The zero-order chi connectivity index (χ0) is 14.0. The van der Waals surface area contributed by atoms with E-state index in [4.69, 9.17) is 4.74 Å². The highest BCUT2D eigenvalue weighted by Gasteiger charge is 2.11. The van der Waals surface area contributed by atoms with E-state index in [1.165, 1.54) is 0 Å². The van der Waals surface area contributed by atoms with E-state index in [1.54, 1.807) is 6.92 Å². The van der Waals surface area contributed by atoms with Gasteiger partial charge in [-0.05, 0) is 32.9 Å². The molecule has 2 rings (SSSR count). The van der Waals surface area contributed by atoms with Crippen LogP contribution >= 0.6 is 0 Å². The van der Waals surface area contributed by atoms with Gasteiger partial charge in [-0.25, -0.2) is 0 Å². The SMILES string of the molecule is Cc1ccc(OCc2nnc(C)n2C)c(C(C)O)c1. The van der Waals surface area contributed by atoms with Gasteiger partial charge in [0.05, 0.1) is 6.10 Å². The minimum Gasteiger partial charge on any atom is -0.485 e. The highest BCUT2D eigenvalue weighted by Crippen LogP contribution is 2.26. The number of nitrogens with zero attached hydrogens (tertiary/aromatic N) is 3. The summed E-state index contributed by atoms with van der Waals surface area (Å²) < 4.78 is 7.64. The molecule has 1 aromatic carbocycles. The fourth-order valence-electron chi connectivity index (χ4n) is 1.84. The van der Waals surface area contributed by atoms with Crippen molar-refractivity contribution >= 4 is 0 Å². The molecule has 2 aromatic rings. The predicted octanol–water partition coefficient (Wildman–Crippen LogP) is 2.06. The molecule has 0 radical (unpaired) electrons. The van der Waals surface area contributed by atoms with E-state index in [1.807, 2.05) is 43.7 Å². The van der Waals surface area contributed by atoms with Crippen molar-refractivity contribution in [1.82, 2.24) is 14.8 Å². The fraction of sp³-hybridized carbons (Fsp3) is 0.429. The molecule has 19 heavy (non-hydrogen) atoms. The quantitative estimate of drug-likeness (QED) is 0.915. The number of hydrogen-bond acceptors (Lipinski definition) is 4. The van der Waals surface area contributed by atoms with E-state index in [-0.39, 0.29) is 0 Å². The van der Waals surface area contributed by atoms with E-state index >= 15 is 0 Å². The molecule has 0 fully saturated rings. The molecule has 0 saturated heterocycles. The van der Waals surface area contributed by atoms with E-state index in [0.717, 1.165) is 22.8 Å². The van der Waals surface area contributed by atoms with Crippen LogP contribution in [0.5, 0.6) is 5.75 Å². The van der Waals surface area contributed by atoms with E-state index < -0.39 is 6.10 Å². The smallest absolute Gasteiger partial charge is 0.170 e. The van der Waals surface area contributed by atoms with Gasteiger partial charge >= 0.3 is 0 Å². The van der Waals surface area contributed by atoms with Crippen molar-refractivity contribution in [2.45, 2.75) is 33.5 Å². The number of aliphatic hydroxyl groups excluding tert-OH is 1. The minimum absolute atomic E-state index is 0.333. The summed E-state index contributed by atoms with van der Waals surface area (Å²) >= 11 is 0. The topological polar surface area (TPSA) is 60.2 Å². The Morgan fingerprint density at radius 3 is 2.63 bits per heavy atom. The van der Waals surface area contributed by atoms with E-state index in [0.29, 0.717) is 12.4 Å². The van der Waals surface area contributed by atoms with Crippen LogP contribution in [0.4, 0.5) is 0 Å². The third-order valence-corrected chi connectivity index (χ3v) is 3.15. The second-order valence-corrected chi connectivity index (χ2v) is 4.73. The van der Waals surface area contributed by atoms with Gasteiger partial charge in [0, 0.05) is 12.6 Å². The summed E-state index contributed by atoms with van der Waals surface area (Å²) in [7, 11) is 1.90. The molecule has 0 bridgehead atoms. The van der Waals surface area contributed by atoms with Crippen molar-refractivity contribution in [2.75, 3.05) is 0 Å². The molecule has 1 heterocycles. The first-order valence-corrected chi connectivity index (χ1v) is 6.25. The lowest BCUT2D eigenvalue weighted by Gasteiger charge is -2.14. The average Bonchev–Trinajstić information content (AvgIpc) is 2.68. The van der Waals surface area contributed by atoms with Gasteiger partial charge in [0.25, 0.3) is 0 Å². The summed E-state index contributed by atoms with van der Waals surface area (Å²) in [5, 5.41) is 17.8. The molecule has 1 N–H and O–H groups in total. The van der Waals surface area contributed by atoms with E-state index in [2.05, 4.69) is 10.2 Å². The fourth-order valence-corrected chi connectivity index (χ4v) is 1.84. The Balaban J connectivity index is 2.17. The van der Waals surface area contributed by atoms with Crippen LogP contribution in [0.3, 0.4) is 0 Å². The third kappa shape index (κ3) is 2.93. The van der Waals surface area contributed by atoms with Gasteiger partial charge in [-0.3, -0.25) is 0 Å². The van der Waals surface area contributed by atoms with Crippen molar-refractivity contribution in [3.8, 4) is 5.75 Å². The molecule has 0 aliphatic carbocycles. The van der Waals surface area contributed by atoms with Crippen molar-refractivity contribution < 1.29 is 9.84 Å². The Labute approximate surface area is 112 Å². The van der Waals surface area contributed by atoms with Crippen molar-refractivity contribution in [1.29, 1.82) is 0 Å². The lowest BCUT2D eigenvalue weighted by molar-refractivity contribution is 0.189. The Hall–Kier alpha value is -1.88. The Morgan fingerprint density at radius 2 is 2.05 bits per heavy atom. The number of aromatic nitrogens is 3. The highest BCUT2D eigenvalue weighted by atomic mass is 16.5. The normalized spacial score (nSPS) is 12.5. The number of ether oxygens (including phenoxy) is 1. The van der Waals surface area contributed by atoms with Crippen molar-refractivity contribution in [3.05, 3.63) is 41.0 Å². The molecule has 0 amide bonds. The van der Waals surface area contributed by atoms with Gasteiger partial charge < -0.3 is 14.4 Å². The maximum Gasteiger partial charge on any atom is 0.170 e. The second kappa shape index (κ2) is 5.40. The molecular formula is C14H19N3O2. The van der Waals surface area contributed by atoms with Crippen LogP contribution in [0.1, 0.15) is 35.8 Å². The standard InChI is InChI=1S/C14H19N3O2/c1-9-5-6-13(12(7-9)10(2)18)19-8-14-16-15-11(3)17(14)4/h5-7,10,18H,8H2,1-4H3. The summed E-state index contributed by atoms with van der Waals surface area (Å²) in [5.74, 6) is 2.29. The van der Waals surface area contributed by atoms with Crippen molar-refractivity contribution in [3.63, 3.8) is 0 Å². The molecule has 5 nitrogen and oxygen atoms in total. The first kappa shape index (κ1) is 13.5. The molecule has 1 unspecified atom stereocenters. The molecule has 0 aliphatic heterocycles. The van der Waals surface area contributed by atoms with Crippen LogP contribution in [0.15, 0.2) is 18.2 Å². The number of rotatable bonds is 4. The van der Waals surface area contributed by atoms with Crippen LogP contribution in [-0.4, -0.2) is 19.9 Å². The summed E-state index contributed by atoms with van der Waals surface area (Å²) in [6.45, 7) is 5.94. The number of hydrogen-bond donors (Lipinski definition) is 1. The number of aryl methyl sites for hydroxylation is 2. The molecule has 1 atom stereocenters. The first-order valence-electron chi connectivity index (χ1n) is 6.25. The van der Waals surface area contributed by atoms with Crippen LogP contribution in [0, 0.1) is 13.8 Å². The maximum atomic E-state index is 9.77. The van der Waals surface area contributed by atoms with Crippen LogP contribution < -0.4 is 4.74 Å². The highest BCUT2D eigenvalue weighted by molar-refractivity contribution is 5.38. The lowest BCUT2D eigenvalue weighted by atomic mass is 10.1. The molecule has 102 valence electrons. The first-order chi connectivity index (χ1) is 8.99. The van der Waals surface area contributed by atoms with Gasteiger partial charge in [-0.2, -0.15) is 0 Å². The zero-order valence-corrected chi connectivity index (χ0v) is 11.7. The molecule has 0 aliphatic rings. The summed E-state index contributed by atoms with van der Waals surface area (Å²) in [6.07, 6.45) is -0.559.